The van der Waals surface area contributed by atoms with Crippen molar-refractivity contribution >= 4 is 33.7 Å². The molecule has 2 atom stereocenters. The van der Waals surface area contributed by atoms with Gasteiger partial charge in [0.25, 0.3) is 0 Å². The lowest BCUT2D eigenvalue weighted by Gasteiger charge is -2.20. The molecule has 0 unspecified atom stereocenters. The molecule has 0 spiro atoms. The van der Waals surface area contributed by atoms with Crippen LogP contribution in [0.1, 0.15) is 30.1 Å². The molecule has 1 amide bonds. The highest BCUT2D eigenvalue weighted by Gasteiger charge is 2.36. The van der Waals surface area contributed by atoms with E-state index in [-0.39, 0.29) is 52.5 Å². The van der Waals surface area contributed by atoms with E-state index in [9.17, 15) is 18.8 Å². The van der Waals surface area contributed by atoms with Crippen molar-refractivity contribution in [3.8, 4) is 17.9 Å². The molecule has 3 aromatic heterocycles. The number of carbonyl (C=O) groups excluding carboxylic acids is 1. The Bertz CT molecular complexity index is 1650. The number of nitriles is 1. The van der Waals surface area contributed by atoms with Crippen molar-refractivity contribution in [2.45, 2.75) is 24.9 Å². The third-order valence-electron chi connectivity index (χ3n) is 6.37. The zero-order valence-corrected chi connectivity index (χ0v) is 19.2. The first-order chi connectivity index (χ1) is 17.3. The maximum atomic E-state index is 14.8. The van der Waals surface area contributed by atoms with E-state index >= 15 is 0 Å². The summed E-state index contributed by atoms with van der Waals surface area (Å²) in [5.74, 6) is 3.28. The average molecular weight is 486 g/mol. The average Bonchev–Trinajstić information content (AvgIpc) is 3.56. The molecule has 1 aliphatic rings. The van der Waals surface area contributed by atoms with Crippen molar-refractivity contribution in [3.63, 3.8) is 0 Å². The van der Waals surface area contributed by atoms with Gasteiger partial charge in [0.15, 0.2) is 11.6 Å². The van der Waals surface area contributed by atoms with Crippen LogP contribution in [0.25, 0.3) is 21.9 Å². The summed E-state index contributed by atoms with van der Waals surface area (Å²) in [4.78, 5) is 22.2. The molecule has 36 heavy (non-hydrogen) atoms. The molecule has 9 nitrogen and oxygen atoms in total. The number of imidazole rings is 1. The Balaban J connectivity index is 1.60. The van der Waals surface area contributed by atoms with Crippen molar-refractivity contribution in [3.05, 3.63) is 60.2 Å². The number of likely N-dealkylation sites (tertiary alicyclic amines) is 1. The minimum absolute atomic E-state index is 0.0491. The first-order valence-electron chi connectivity index (χ1n) is 11.1. The van der Waals surface area contributed by atoms with Gasteiger partial charge in [-0.05, 0) is 30.6 Å². The van der Waals surface area contributed by atoms with Crippen LogP contribution in [0.5, 0.6) is 0 Å². The van der Waals surface area contributed by atoms with Crippen LogP contribution in [-0.2, 0) is 11.8 Å². The van der Waals surface area contributed by atoms with E-state index in [1.54, 1.807) is 22.7 Å². The minimum Gasteiger partial charge on any atom is -0.383 e. The second-order valence-corrected chi connectivity index (χ2v) is 8.51. The normalized spacial score (nSPS) is 17.2. The highest BCUT2D eigenvalue weighted by Crippen LogP contribution is 2.33. The van der Waals surface area contributed by atoms with Crippen LogP contribution in [-0.4, -0.2) is 47.7 Å². The Hall–Kier alpha value is -4.77. The highest BCUT2D eigenvalue weighted by atomic mass is 19.2. The van der Waals surface area contributed by atoms with Crippen LogP contribution in [0, 0.1) is 34.8 Å². The number of rotatable bonds is 3. The van der Waals surface area contributed by atoms with Crippen LogP contribution in [0.4, 0.5) is 14.6 Å². The molecule has 4 heterocycles. The van der Waals surface area contributed by atoms with Crippen LogP contribution in [0.3, 0.4) is 0 Å². The number of nitrogens with zero attached hydrogens (tertiary/aromatic N) is 7. The smallest absolute Gasteiger partial charge is 0.246 e. The first-order valence-corrected chi connectivity index (χ1v) is 11.1. The zero-order valence-electron chi connectivity index (χ0n) is 19.2. The fraction of sp³-hybridized carbons (Fsp3) is 0.240. The Morgan fingerprint density at radius 2 is 2.14 bits per heavy atom. The second kappa shape index (κ2) is 8.78. The molecule has 0 radical (unpaired) electrons. The number of aryl methyl sites for hydroxylation is 1. The quantitative estimate of drug-likeness (QED) is 0.351. The van der Waals surface area contributed by atoms with Crippen LogP contribution >= 0.6 is 0 Å². The molecular weight excluding hydrogens is 466 g/mol. The summed E-state index contributed by atoms with van der Waals surface area (Å²) in [5, 5.41) is 14.3. The number of amides is 1. The maximum absolute atomic E-state index is 14.8. The van der Waals surface area contributed by atoms with E-state index in [1.807, 2.05) is 0 Å². The number of fused-ring (bicyclic) bond motifs is 2. The molecule has 1 aliphatic heterocycles. The molecule has 1 saturated heterocycles. The van der Waals surface area contributed by atoms with Crippen LogP contribution < -0.4 is 5.73 Å². The lowest BCUT2D eigenvalue weighted by atomic mass is 10.1. The third kappa shape index (κ3) is 3.62. The number of nitrogens with two attached hydrogens (primary N) is 1. The SMILES string of the molecule is C=CC(=O)N1C[C@@H](n2nc(C#Cc3cc4ncn(C)c4c(F)c3F)c3c(N)nccc32)C[C@@H]1CC#N. The van der Waals surface area contributed by atoms with E-state index in [0.29, 0.717) is 23.9 Å². The summed E-state index contributed by atoms with van der Waals surface area (Å²) in [6.45, 7) is 3.87. The lowest BCUT2D eigenvalue weighted by Crippen LogP contribution is -2.34. The second-order valence-electron chi connectivity index (χ2n) is 8.51. The van der Waals surface area contributed by atoms with Gasteiger partial charge in [-0.2, -0.15) is 10.4 Å². The van der Waals surface area contributed by atoms with Crippen molar-refractivity contribution in [1.29, 1.82) is 5.26 Å². The van der Waals surface area contributed by atoms with Crippen molar-refractivity contribution in [1.82, 2.24) is 29.2 Å². The van der Waals surface area contributed by atoms with Crippen LogP contribution in [0.2, 0.25) is 0 Å². The van der Waals surface area contributed by atoms with E-state index < -0.39 is 11.6 Å². The van der Waals surface area contributed by atoms with Gasteiger partial charge in [0.1, 0.15) is 17.0 Å². The lowest BCUT2D eigenvalue weighted by molar-refractivity contribution is -0.126. The molecule has 2 N–H and O–H groups in total. The Kier molecular flexibility index (Phi) is 5.61. The summed E-state index contributed by atoms with van der Waals surface area (Å²) in [7, 11) is 1.58. The monoisotopic (exact) mass is 486 g/mol. The number of benzene rings is 1. The largest absolute Gasteiger partial charge is 0.383 e. The minimum atomic E-state index is -1.08. The predicted octanol–water partition coefficient (Wildman–Crippen LogP) is 2.82. The molecular formula is C25H20F2N8O. The molecule has 11 heteroatoms. The summed E-state index contributed by atoms with van der Waals surface area (Å²) < 4.78 is 32.5. The van der Waals surface area contributed by atoms with Gasteiger partial charge in [0, 0.05) is 25.8 Å². The number of anilines is 1. The number of aromatic nitrogens is 5. The van der Waals surface area contributed by atoms with Gasteiger partial charge >= 0.3 is 0 Å². The first kappa shape index (κ1) is 23.0. The number of hydrogen-bond donors (Lipinski definition) is 1. The topological polar surface area (TPSA) is 119 Å². The highest BCUT2D eigenvalue weighted by molar-refractivity contribution is 5.93. The van der Waals surface area contributed by atoms with Gasteiger partial charge in [-0.25, -0.2) is 18.7 Å². The molecule has 1 fully saturated rings. The van der Waals surface area contributed by atoms with E-state index in [1.165, 1.54) is 29.2 Å². The number of carbonyl (C=O) groups is 1. The van der Waals surface area contributed by atoms with Gasteiger partial charge in [-0.15, -0.1) is 0 Å². The molecule has 1 aromatic carbocycles. The number of nitrogen functional groups attached to an aromatic ring is 1. The Morgan fingerprint density at radius 1 is 1.33 bits per heavy atom. The number of pyridine rings is 1. The third-order valence-corrected chi connectivity index (χ3v) is 6.37. The molecule has 0 bridgehead atoms. The van der Waals surface area contributed by atoms with Gasteiger partial charge in [0.05, 0.1) is 46.8 Å². The van der Waals surface area contributed by atoms with Gasteiger partial charge < -0.3 is 15.2 Å². The Morgan fingerprint density at radius 3 is 2.89 bits per heavy atom. The Labute approximate surface area is 204 Å². The van der Waals surface area contributed by atoms with Crippen molar-refractivity contribution in [2.75, 3.05) is 12.3 Å². The number of hydrogen-bond acceptors (Lipinski definition) is 6. The maximum Gasteiger partial charge on any atom is 0.246 e. The predicted molar refractivity (Wildman–Crippen MR) is 128 cm³/mol. The molecule has 180 valence electrons. The van der Waals surface area contributed by atoms with E-state index in [4.69, 9.17) is 5.73 Å². The summed E-state index contributed by atoms with van der Waals surface area (Å²) >= 11 is 0. The van der Waals surface area contributed by atoms with E-state index in [2.05, 4.69) is 39.6 Å². The van der Waals surface area contributed by atoms with Crippen molar-refractivity contribution in [2.24, 2.45) is 7.05 Å². The molecule has 5 rings (SSSR count). The molecule has 0 aliphatic carbocycles. The van der Waals surface area contributed by atoms with E-state index in [0.717, 1.165) is 0 Å². The van der Waals surface area contributed by atoms with Crippen LogP contribution in [0.15, 0.2) is 37.3 Å². The van der Waals surface area contributed by atoms with Gasteiger partial charge in [-0.3, -0.25) is 9.48 Å². The fourth-order valence-corrected chi connectivity index (χ4v) is 4.69. The van der Waals surface area contributed by atoms with Gasteiger partial charge in [-0.1, -0.05) is 12.5 Å². The molecule has 4 aromatic rings. The van der Waals surface area contributed by atoms with Gasteiger partial charge in [0.2, 0.25) is 5.91 Å². The summed E-state index contributed by atoms with van der Waals surface area (Å²) in [6.07, 6.45) is 4.82. The zero-order chi connectivity index (χ0) is 25.6. The standard InChI is InChI=1S/C25H20F2N8O/c1-3-20(36)34-12-16(11-15(34)6-8-28)35-19-7-9-30-25(29)21(19)17(32-35)5-4-14-10-18-24(23(27)22(14)26)33(2)13-31-18/h3,7,9-10,13,15-16H,1,6,11-12H2,2H3,(H2,29,30)/t15-,16-/m0/s1. The summed E-state index contributed by atoms with van der Waals surface area (Å²) in [6, 6.07) is 4.67. The van der Waals surface area contributed by atoms with Crippen molar-refractivity contribution < 1.29 is 13.6 Å². The fourth-order valence-electron chi connectivity index (χ4n) is 4.69. The number of halogens is 2. The summed E-state index contributed by atoms with van der Waals surface area (Å²) in [5.41, 5.74) is 7.17. The molecule has 0 saturated carbocycles.